The first-order valence-electron chi connectivity index (χ1n) is 4.58. The Bertz CT molecular complexity index is 295. The molecule has 1 rings (SSSR count). The number of hydrogen-bond donors (Lipinski definition) is 0. The summed E-state index contributed by atoms with van der Waals surface area (Å²) in [5.74, 6) is 0. The summed E-state index contributed by atoms with van der Waals surface area (Å²) in [5.41, 5.74) is 2.22. The quantitative estimate of drug-likeness (QED) is 0.721. The molecule has 0 fully saturated rings. The summed E-state index contributed by atoms with van der Waals surface area (Å²) < 4.78 is 24.4. The molecule has 0 unspecified atom stereocenters. The van der Waals surface area contributed by atoms with Crippen molar-refractivity contribution in [2.75, 3.05) is 7.05 Å². The topological polar surface area (TPSA) is 3.24 Å². The van der Waals surface area contributed by atoms with Gasteiger partial charge in [0.05, 0.1) is 0 Å². The van der Waals surface area contributed by atoms with E-state index in [1.807, 2.05) is 13.1 Å². The molecular formula is C11H14F2NY-. The Morgan fingerprint density at radius 1 is 1.53 bits per heavy atom. The molecule has 81 valence electrons. The van der Waals surface area contributed by atoms with Crippen molar-refractivity contribution in [1.82, 2.24) is 4.90 Å². The number of alkyl halides is 2. The molecule has 1 aliphatic heterocycles. The molecule has 4 heteroatoms. The van der Waals surface area contributed by atoms with Crippen LogP contribution in [-0.4, -0.2) is 18.4 Å². The summed E-state index contributed by atoms with van der Waals surface area (Å²) in [4.78, 5) is 1.69. The van der Waals surface area contributed by atoms with E-state index < -0.39 is 6.43 Å². The largest absolute Gasteiger partial charge is 0.463 e. The van der Waals surface area contributed by atoms with E-state index in [1.165, 1.54) is 0 Å². The van der Waals surface area contributed by atoms with Crippen LogP contribution >= 0.6 is 0 Å². The molecule has 0 saturated heterocycles. The monoisotopic (exact) mass is 287 g/mol. The first-order chi connectivity index (χ1) is 6.54. The van der Waals surface area contributed by atoms with Gasteiger partial charge in [0.25, 0.3) is 0 Å². The van der Waals surface area contributed by atoms with E-state index in [9.17, 15) is 8.78 Å². The molecule has 1 nitrogen and oxygen atoms in total. The van der Waals surface area contributed by atoms with Gasteiger partial charge in [0.2, 0.25) is 6.43 Å². The molecule has 0 amide bonds. The summed E-state index contributed by atoms with van der Waals surface area (Å²) in [6.45, 7) is 5.79. The van der Waals surface area contributed by atoms with Crippen LogP contribution < -0.4 is 0 Å². The van der Waals surface area contributed by atoms with E-state index in [4.69, 9.17) is 0 Å². The molecule has 0 saturated carbocycles. The molecular weight excluding hydrogens is 273 g/mol. The van der Waals surface area contributed by atoms with Gasteiger partial charge in [0.15, 0.2) is 0 Å². The van der Waals surface area contributed by atoms with Crippen LogP contribution in [-0.2, 0) is 32.7 Å². The molecule has 0 N–H and O–H groups in total. The standard InChI is InChI=1S/C11H14F2N.Y/c1-4-9-6-14(3)7-10(8(9)2)5-11(12)13;/h6,11H,2,4-5H2,1,3H3;/q-1;. The first kappa shape index (κ1) is 15.0. The van der Waals surface area contributed by atoms with Crippen LogP contribution in [0.4, 0.5) is 8.78 Å². The van der Waals surface area contributed by atoms with Crippen LogP contribution in [0.15, 0.2) is 29.5 Å². The van der Waals surface area contributed by atoms with Crippen molar-refractivity contribution in [3.05, 3.63) is 35.7 Å². The third-order valence-electron chi connectivity index (χ3n) is 2.15. The normalized spacial score (nSPS) is 16.1. The molecule has 0 aromatic heterocycles. The van der Waals surface area contributed by atoms with Crippen LogP contribution in [0.3, 0.4) is 0 Å². The van der Waals surface area contributed by atoms with Crippen molar-refractivity contribution < 1.29 is 41.5 Å². The predicted octanol–water partition coefficient (Wildman–Crippen LogP) is 3.12. The van der Waals surface area contributed by atoms with Gasteiger partial charge in [0.1, 0.15) is 0 Å². The average molecular weight is 287 g/mol. The SMILES string of the molecule is C=C1C(CC(F)F)=[C-]N(C)C=C1CC.[Y]. The molecule has 15 heavy (non-hydrogen) atoms. The van der Waals surface area contributed by atoms with Crippen LogP contribution in [0.5, 0.6) is 0 Å². The average Bonchev–Trinajstić information content (AvgIpc) is 2.09. The number of hydrogen-bond acceptors (Lipinski definition) is 1. The molecule has 0 bridgehead atoms. The molecule has 1 heterocycles. The Kier molecular flexibility index (Phi) is 6.53. The summed E-state index contributed by atoms with van der Waals surface area (Å²) in [5, 5.41) is 0. The first-order valence-corrected chi connectivity index (χ1v) is 4.58. The molecule has 0 aromatic carbocycles. The Labute approximate surface area is 115 Å². The van der Waals surface area contributed by atoms with Gasteiger partial charge in [-0.15, -0.1) is 29.5 Å². The second kappa shape index (κ2) is 6.54. The van der Waals surface area contributed by atoms with Crippen molar-refractivity contribution in [1.29, 1.82) is 0 Å². The maximum absolute atomic E-state index is 12.2. The van der Waals surface area contributed by atoms with Crippen LogP contribution in [0.1, 0.15) is 19.8 Å². The van der Waals surface area contributed by atoms with Crippen molar-refractivity contribution in [3.8, 4) is 0 Å². The Hall–Kier alpha value is -0.0161. The van der Waals surface area contributed by atoms with Gasteiger partial charge < -0.3 is 4.90 Å². The van der Waals surface area contributed by atoms with Gasteiger partial charge in [-0.1, -0.05) is 19.5 Å². The third-order valence-corrected chi connectivity index (χ3v) is 2.15. The Balaban J connectivity index is 0.00000196. The zero-order chi connectivity index (χ0) is 10.7. The van der Waals surface area contributed by atoms with Gasteiger partial charge in [-0.2, -0.15) is 0 Å². The maximum Gasteiger partial charge on any atom is 0.240 e. The maximum atomic E-state index is 12.2. The van der Waals surface area contributed by atoms with Crippen molar-refractivity contribution in [2.24, 2.45) is 0 Å². The van der Waals surface area contributed by atoms with E-state index in [0.29, 0.717) is 11.1 Å². The Morgan fingerprint density at radius 3 is 2.60 bits per heavy atom. The minimum absolute atomic E-state index is 0. The molecule has 0 aromatic rings. The number of allylic oxidation sites excluding steroid dienone is 3. The van der Waals surface area contributed by atoms with Crippen LogP contribution in [0, 0.1) is 6.20 Å². The van der Waals surface area contributed by atoms with Gasteiger partial charge in [-0.25, -0.2) is 8.78 Å². The molecule has 1 radical (unpaired) electrons. The fraction of sp³-hybridized carbons (Fsp3) is 0.455. The zero-order valence-corrected chi connectivity index (χ0v) is 11.9. The van der Waals surface area contributed by atoms with Crippen molar-refractivity contribution >= 4 is 0 Å². The van der Waals surface area contributed by atoms with Crippen molar-refractivity contribution in [2.45, 2.75) is 26.2 Å². The van der Waals surface area contributed by atoms with Gasteiger partial charge in [0, 0.05) is 39.1 Å². The summed E-state index contributed by atoms with van der Waals surface area (Å²) in [7, 11) is 1.79. The summed E-state index contributed by atoms with van der Waals surface area (Å²) >= 11 is 0. The molecule has 0 aliphatic carbocycles. The smallest absolute Gasteiger partial charge is 0.240 e. The second-order valence-electron chi connectivity index (χ2n) is 3.28. The predicted molar refractivity (Wildman–Crippen MR) is 52.7 cm³/mol. The van der Waals surface area contributed by atoms with Gasteiger partial charge >= 0.3 is 0 Å². The van der Waals surface area contributed by atoms with E-state index in [0.717, 1.165) is 12.0 Å². The molecule has 0 spiro atoms. The van der Waals surface area contributed by atoms with E-state index >= 15 is 0 Å². The van der Waals surface area contributed by atoms with E-state index in [-0.39, 0.29) is 39.1 Å². The number of rotatable bonds is 3. The van der Waals surface area contributed by atoms with E-state index in [1.54, 1.807) is 11.9 Å². The van der Waals surface area contributed by atoms with E-state index in [2.05, 4.69) is 12.8 Å². The second-order valence-corrected chi connectivity index (χ2v) is 3.28. The van der Waals surface area contributed by atoms with Gasteiger partial charge in [-0.05, 0) is 7.05 Å². The molecule has 1 aliphatic rings. The number of halogens is 2. The fourth-order valence-corrected chi connectivity index (χ4v) is 1.45. The third kappa shape index (κ3) is 4.16. The fourth-order valence-electron chi connectivity index (χ4n) is 1.45. The zero-order valence-electron chi connectivity index (χ0n) is 9.06. The Morgan fingerprint density at radius 2 is 2.13 bits per heavy atom. The minimum atomic E-state index is -2.33. The summed E-state index contributed by atoms with van der Waals surface area (Å²) in [6.07, 6.45) is 2.93. The number of nitrogens with zero attached hydrogens (tertiary/aromatic N) is 1. The summed E-state index contributed by atoms with van der Waals surface area (Å²) in [6, 6.07) is 0. The minimum Gasteiger partial charge on any atom is -0.463 e. The van der Waals surface area contributed by atoms with Gasteiger partial charge in [-0.3, -0.25) is 0 Å². The molecule has 0 atom stereocenters. The van der Waals surface area contributed by atoms with Crippen LogP contribution in [0.2, 0.25) is 0 Å². The van der Waals surface area contributed by atoms with Crippen molar-refractivity contribution in [3.63, 3.8) is 0 Å². The van der Waals surface area contributed by atoms with Crippen LogP contribution in [0.25, 0.3) is 0 Å².